The summed E-state index contributed by atoms with van der Waals surface area (Å²) in [5.74, 6) is 0. The highest BCUT2D eigenvalue weighted by molar-refractivity contribution is 6.30. The van der Waals surface area contributed by atoms with Crippen molar-refractivity contribution < 1.29 is 5.11 Å². The number of rotatable bonds is 4. The van der Waals surface area contributed by atoms with E-state index in [9.17, 15) is 5.26 Å². The Morgan fingerprint density at radius 3 is 2.88 bits per heavy atom. The highest BCUT2D eigenvalue weighted by Gasteiger charge is 2.36. The molecule has 1 aliphatic carbocycles. The molecule has 0 spiro atoms. The van der Waals surface area contributed by atoms with E-state index in [1.807, 2.05) is 18.2 Å². The van der Waals surface area contributed by atoms with Gasteiger partial charge in [-0.15, -0.1) is 0 Å². The van der Waals surface area contributed by atoms with Crippen molar-refractivity contribution in [2.45, 2.75) is 24.8 Å². The van der Waals surface area contributed by atoms with Crippen LogP contribution in [-0.4, -0.2) is 23.8 Å². The molecule has 17 heavy (non-hydrogen) atoms. The van der Waals surface area contributed by atoms with E-state index in [1.54, 1.807) is 0 Å². The maximum atomic E-state index is 9.35. The van der Waals surface area contributed by atoms with E-state index >= 15 is 0 Å². The first-order chi connectivity index (χ1) is 8.19. The molecule has 2 N–H and O–H groups in total. The smallest absolute Gasteiger partial charge is 0.114 e. The van der Waals surface area contributed by atoms with Gasteiger partial charge in [-0.3, -0.25) is 5.32 Å². The molecule has 0 heterocycles. The first-order valence-electron chi connectivity index (χ1n) is 5.73. The Balaban J connectivity index is 2.12. The molecule has 0 saturated heterocycles. The maximum Gasteiger partial charge on any atom is 0.114 e. The lowest BCUT2D eigenvalue weighted by Crippen LogP contribution is -2.45. The van der Waals surface area contributed by atoms with E-state index in [4.69, 9.17) is 16.7 Å². The third kappa shape index (κ3) is 2.61. The Morgan fingerprint density at radius 1 is 1.41 bits per heavy atom. The normalized spacial score (nSPS) is 22.2. The molecular formula is C13H15ClN2O. The zero-order valence-electron chi connectivity index (χ0n) is 9.54. The van der Waals surface area contributed by atoms with Crippen LogP contribution in [0.2, 0.25) is 5.02 Å². The van der Waals surface area contributed by atoms with Gasteiger partial charge in [0.05, 0.1) is 6.07 Å². The summed E-state index contributed by atoms with van der Waals surface area (Å²) in [7, 11) is 0. The fraction of sp³-hybridized carbons (Fsp3) is 0.462. The Labute approximate surface area is 106 Å². The van der Waals surface area contributed by atoms with Crippen LogP contribution in [0.5, 0.6) is 0 Å². The molecule has 0 amide bonds. The molecule has 0 fully saturated rings. The monoisotopic (exact) mass is 250 g/mol. The topological polar surface area (TPSA) is 56.0 Å². The van der Waals surface area contributed by atoms with E-state index in [1.165, 1.54) is 5.56 Å². The molecule has 0 aliphatic heterocycles. The Bertz CT molecular complexity index is 455. The average Bonchev–Trinajstić information content (AvgIpc) is 2.68. The first kappa shape index (κ1) is 12.4. The second-order valence-corrected chi connectivity index (χ2v) is 4.90. The third-order valence-corrected chi connectivity index (χ3v) is 3.40. The Morgan fingerprint density at radius 2 is 2.18 bits per heavy atom. The van der Waals surface area contributed by atoms with E-state index < -0.39 is 5.54 Å². The summed E-state index contributed by atoms with van der Waals surface area (Å²) in [5.41, 5.74) is 1.81. The van der Waals surface area contributed by atoms with Crippen molar-refractivity contribution in [3.8, 4) is 6.07 Å². The molecular weight excluding hydrogens is 236 g/mol. The lowest BCUT2D eigenvalue weighted by Gasteiger charge is -2.21. The van der Waals surface area contributed by atoms with Gasteiger partial charge in [0.15, 0.2) is 0 Å². The zero-order chi connectivity index (χ0) is 12.3. The summed E-state index contributed by atoms with van der Waals surface area (Å²) in [4.78, 5) is 0. The highest BCUT2D eigenvalue weighted by atomic mass is 35.5. The summed E-state index contributed by atoms with van der Waals surface area (Å²) in [6.07, 6.45) is 2.06. The fourth-order valence-electron chi connectivity index (χ4n) is 2.29. The van der Waals surface area contributed by atoms with Crippen LogP contribution in [0.3, 0.4) is 0 Å². The molecule has 0 radical (unpaired) electrons. The third-order valence-electron chi connectivity index (χ3n) is 3.17. The lowest BCUT2D eigenvalue weighted by atomic mass is 9.97. The van der Waals surface area contributed by atoms with Crippen molar-refractivity contribution in [3.63, 3.8) is 0 Å². The van der Waals surface area contributed by atoms with Gasteiger partial charge in [-0.25, -0.2) is 0 Å². The standard InChI is InChI=1S/C13H15ClN2O/c14-12-3-2-10-7-13(9-15,8-11(10)6-12)16-4-1-5-17/h2-3,6,16-17H,1,4-5,7-8H2. The molecule has 0 bridgehead atoms. The van der Waals surface area contributed by atoms with E-state index in [-0.39, 0.29) is 6.61 Å². The van der Waals surface area contributed by atoms with Gasteiger partial charge in [0.2, 0.25) is 0 Å². The molecule has 2 rings (SSSR count). The van der Waals surface area contributed by atoms with Crippen LogP contribution in [0, 0.1) is 11.3 Å². The van der Waals surface area contributed by atoms with Crippen molar-refractivity contribution >= 4 is 11.6 Å². The van der Waals surface area contributed by atoms with Gasteiger partial charge in [0, 0.05) is 24.5 Å². The van der Waals surface area contributed by atoms with Gasteiger partial charge in [-0.1, -0.05) is 17.7 Å². The predicted octanol–water partition coefficient (Wildman–Crippen LogP) is 1.67. The van der Waals surface area contributed by atoms with Crippen LogP contribution in [0.25, 0.3) is 0 Å². The van der Waals surface area contributed by atoms with Gasteiger partial charge in [0.1, 0.15) is 5.54 Å². The Hall–Kier alpha value is -1.08. The van der Waals surface area contributed by atoms with Crippen molar-refractivity contribution in [1.82, 2.24) is 5.32 Å². The van der Waals surface area contributed by atoms with Crippen molar-refractivity contribution in [1.29, 1.82) is 5.26 Å². The number of fused-ring (bicyclic) bond motifs is 1. The fourth-order valence-corrected chi connectivity index (χ4v) is 2.49. The van der Waals surface area contributed by atoms with Gasteiger partial charge in [-0.05, 0) is 36.2 Å². The molecule has 1 aromatic rings. The number of aliphatic hydroxyl groups excluding tert-OH is 1. The molecule has 1 atom stereocenters. The first-order valence-corrected chi connectivity index (χ1v) is 6.11. The number of hydrogen-bond donors (Lipinski definition) is 2. The molecule has 1 unspecified atom stereocenters. The van der Waals surface area contributed by atoms with Crippen molar-refractivity contribution in [2.75, 3.05) is 13.2 Å². The zero-order valence-corrected chi connectivity index (χ0v) is 10.3. The van der Waals surface area contributed by atoms with Crippen LogP contribution < -0.4 is 5.32 Å². The number of halogens is 1. The van der Waals surface area contributed by atoms with Crippen molar-refractivity contribution in [3.05, 3.63) is 34.3 Å². The quantitative estimate of drug-likeness (QED) is 0.800. The summed E-state index contributed by atoms with van der Waals surface area (Å²) in [6, 6.07) is 8.15. The van der Waals surface area contributed by atoms with E-state index in [0.717, 1.165) is 5.56 Å². The molecule has 0 saturated carbocycles. The largest absolute Gasteiger partial charge is 0.396 e. The van der Waals surface area contributed by atoms with Crippen LogP contribution in [0.1, 0.15) is 17.5 Å². The van der Waals surface area contributed by atoms with Gasteiger partial charge in [0.25, 0.3) is 0 Å². The summed E-state index contributed by atoms with van der Waals surface area (Å²) in [5, 5.41) is 22.1. The molecule has 1 aromatic carbocycles. The average molecular weight is 251 g/mol. The summed E-state index contributed by atoms with van der Waals surface area (Å²) >= 11 is 5.95. The SMILES string of the molecule is N#CC1(NCCCO)Cc2ccc(Cl)cc2C1. The highest BCUT2D eigenvalue weighted by Crippen LogP contribution is 2.31. The Kier molecular flexibility index (Phi) is 3.68. The number of nitrogens with zero attached hydrogens (tertiary/aromatic N) is 1. The van der Waals surface area contributed by atoms with Crippen molar-refractivity contribution in [2.24, 2.45) is 0 Å². The number of aliphatic hydroxyl groups is 1. The van der Waals surface area contributed by atoms with E-state index in [0.29, 0.717) is 30.8 Å². The minimum absolute atomic E-state index is 0.146. The van der Waals surface area contributed by atoms with Crippen LogP contribution in [-0.2, 0) is 12.8 Å². The second kappa shape index (κ2) is 5.05. The van der Waals surface area contributed by atoms with Gasteiger partial charge < -0.3 is 5.11 Å². The van der Waals surface area contributed by atoms with Crippen LogP contribution in [0.4, 0.5) is 0 Å². The molecule has 1 aliphatic rings. The van der Waals surface area contributed by atoms with Gasteiger partial charge in [-0.2, -0.15) is 5.26 Å². The minimum atomic E-state index is -0.526. The van der Waals surface area contributed by atoms with Gasteiger partial charge >= 0.3 is 0 Å². The van der Waals surface area contributed by atoms with Crippen LogP contribution >= 0.6 is 11.6 Å². The predicted molar refractivity (Wildman–Crippen MR) is 66.9 cm³/mol. The molecule has 0 aromatic heterocycles. The second-order valence-electron chi connectivity index (χ2n) is 4.46. The van der Waals surface area contributed by atoms with E-state index in [2.05, 4.69) is 11.4 Å². The molecule has 4 heteroatoms. The molecule has 3 nitrogen and oxygen atoms in total. The summed E-state index contributed by atoms with van der Waals surface area (Å²) in [6.45, 7) is 0.805. The summed E-state index contributed by atoms with van der Waals surface area (Å²) < 4.78 is 0. The van der Waals surface area contributed by atoms with Crippen LogP contribution in [0.15, 0.2) is 18.2 Å². The number of benzene rings is 1. The number of hydrogen-bond acceptors (Lipinski definition) is 3. The number of nitriles is 1. The molecule has 90 valence electrons. The minimum Gasteiger partial charge on any atom is -0.396 e. The number of nitrogens with one attached hydrogen (secondary N) is 1. The lowest BCUT2D eigenvalue weighted by molar-refractivity contribution is 0.278. The maximum absolute atomic E-state index is 9.35.